The molecule has 0 aromatic carbocycles. The maximum atomic E-state index is 12.1. The molecule has 2 aliphatic rings. The largest absolute Gasteiger partial charge is 0.324 e. The van der Waals surface area contributed by atoms with Crippen molar-refractivity contribution < 1.29 is 4.79 Å². The fourth-order valence-corrected chi connectivity index (χ4v) is 3.07. The highest BCUT2D eigenvalue weighted by Crippen LogP contribution is 2.32. The highest BCUT2D eigenvalue weighted by molar-refractivity contribution is 5.95. The number of amides is 1. The van der Waals surface area contributed by atoms with Crippen LogP contribution in [0, 0.1) is 0 Å². The molecule has 2 fully saturated rings. The molecule has 1 aromatic rings. The summed E-state index contributed by atoms with van der Waals surface area (Å²) in [5, 5.41) is 0. The summed E-state index contributed by atoms with van der Waals surface area (Å²) < 4.78 is 0. The number of rotatable bonds is 2. The minimum absolute atomic E-state index is 0.0640. The van der Waals surface area contributed by atoms with Gasteiger partial charge >= 0.3 is 0 Å². The number of anilines is 1. The molecule has 4 heteroatoms. The van der Waals surface area contributed by atoms with E-state index in [1.54, 1.807) is 4.90 Å². The second kappa shape index (κ2) is 4.59. The first-order valence-corrected chi connectivity index (χ1v) is 6.79. The number of aromatic amines is 1. The molecule has 1 amide bonds. The number of hydrogen-bond donors (Lipinski definition) is 1. The van der Waals surface area contributed by atoms with Gasteiger partial charge in [0.1, 0.15) is 5.69 Å². The second-order valence-corrected chi connectivity index (χ2v) is 5.26. The Morgan fingerprint density at radius 1 is 1.11 bits per heavy atom. The molecule has 3 rings (SSSR count). The average Bonchev–Trinajstić information content (AvgIpc) is 3.00. The number of carbonyl (C=O) groups is 1. The van der Waals surface area contributed by atoms with Crippen LogP contribution in [0.2, 0.25) is 0 Å². The maximum absolute atomic E-state index is 12.1. The third kappa shape index (κ3) is 1.96. The Bertz CT molecular complexity index is 515. The molecule has 0 radical (unpaired) electrons. The van der Waals surface area contributed by atoms with Crippen LogP contribution in [0.5, 0.6) is 0 Å². The van der Waals surface area contributed by atoms with E-state index < -0.39 is 0 Å². The molecule has 1 aliphatic carbocycles. The molecule has 18 heavy (non-hydrogen) atoms. The lowest BCUT2D eigenvalue weighted by atomic mass is 10.0. The number of nitrogens with zero attached hydrogens (tertiary/aromatic N) is 1. The first-order valence-electron chi connectivity index (χ1n) is 6.79. The normalized spacial score (nSPS) is 20.9. The van der Waals surface area contributed by atoms with Gasteiger partial charge in [-0.05, 0) is 37.3 Å². The molecule has 1 aromatic heterocycles. The number of aromatic nitrogens is 1. The van der Waals surface area contributed by atoms with Gasteiger partial charge in [0.15, 0.2) is 0 Å². The van der Waals surface area contributed by atoms with Gasteiger partial charge in [0.05, 0.1) is 0 Å². The molecule has 1 saturated heterocycles. The van der Waals surface area contributed by atoms with Crippen LogP contribution in [-0.2, 0) is 4.79 Å². The molecule has 1 N–H and O–H groups in total. The van der Waals surface area contributed by atoms with Gasteiger partial charge in [0.2, 0.25) is 5.91 Å². The number of pyridine rings is 1. The van der Waals surface area contributed by atoms with Crippen LogP contribution in [0.4, 0.5) is 5.69 Å². The number of H-pyrrole nitrogens is 1. The van der Waals surface area contributed by atoms with Gasteiger partial charge < -0.3 is 9.88 Å². The van der Waals surface area contributed by atoms with Crippen LogP contribution in [-0.4, -0.2) is 17.4 Å². The lowest BCUT2D eigenvalue weighted by Crippen LogP contribution is -2.30. The van der Waals surface area contributed by atoms with Gasteiger partial charge in [-0.3, -0.25) is 9.59 Å². The van der Waals surface area contributed by atoms with Crippen molar-refractivity contribution in [1.29, 1.82) is 0 Å². The van der Waals surface area contributed by atoms with Gasteiger partial charge in [-0.25, -0.2) is 0 Å². The number of carbonyl (C=O) groups excluding carboxylic acids is 1. The third-order valence-corrected chi connectivity index (χ3v) is 4.07. The summed E-state index contributed by atoms with van der Waals surface area (Å²) in [6.07, 6.45) is 6.24. The Morgan fingerprint density at radius 2 is 1.89 bits per heavy atom. The molecule has 0 unspecified atom stereocenters. The zero-order valence-corrected chi connectivity index (χ0v) is 10.4. The van der Waals surface area contributed by atoms with E-state index in [0.29, 0.717) is 24.6 Å². The Morgan fingerprint density at radius 3 is 2.50 bits per heavy atom. The summed E-state index contributed by atoms with van der Waals surface area (Å²) in [5.41, 5.74) is 1.43. The predicted molar refractivity (Wildman–Crippen MR) is 69.9 cm³/mol. The van der Waals surface area contributed by atoms with Gasteiger partial charge in [0.25, 0.3) is 5.56 Å². The lowest BCUT2D eigenvalue weighted by molar-refractivity contribution is -0.117. The lowest BCUT2D eigenvalue weighted by Gasteiger charge is -2.16. The van der Waals surface area contributed by atoms with Crippen molar-refractivity contribution in [3.8, 4) is 0 Å². The van der Waals surface area contributed by atoms with Crippen LogP contribution >= 0.6 is 0 Å². The molecule has 96 valence electrons. The summed E-state index contributed by atoms with van der Waals surface area (Å²) in [4.78, 5) is 28.3. The fraction of sp³-hybridized carbons (Fsp3) is 0.571. The van der Waals surface area contributed by atoms with Crippen LogP contribution in [0.25, 0.3) is 0 Å². The SMILES string of the molecule is O=C1CCCN1c1ccc(C2CCCC2)[nH]c1=O. The van der Waals surface area contributed by atoms with Crippen molar-refractivity contribution >= 4 is 11.6 Å². The van der Waals surface area contributed by atoms with E-state index in [-0.39, 0.29) is 11.5 Å². The van der Waals surface area contributed by atoms with E-state index in [4.69, 9.17) is 0 Å². The summed E-state index contributed by atoms with van der Waals surface area (Å²) in [6, 6.07) is 3.80. The summed E-state index contributed by atoms with van der Waals surface area (Å²) in [7, 11) is 0. The monoisotopic (exact) mass is 246 g/mol. The number of hydrogen-bond acceptors (Lipinski definition) is 2. The molecular formula is C14H18N2O2. The maximum Gasteiger partial charge on any atom is 0.272 e. The van der Waals surface area contributed by atoms with Crippen molar-refractivity contribution in [2.45, 2.75) is 44.4 Å². The molecule has 4 nitrogen and oxygen atoms in total. The Kier molecular flexibility index (Phi) is 2.94. The van der Waals surface area contributed by atoms with Crippen molar-refractivity contribution in [2.75, 3.05) is 11.4 Å². The third-order valence-electron chi connectivity index (χ3n) is 4.07. The van der Waals surface area contributed by atoms with E-state index >= 15 is 0 Å². The smallest absolute Gasteiger partial charge is 0.272 e. The van der Waals surface area contributed by atoms with E-state index in [2.05, 4.69) is 4.98 Å². The zero-order chi connectivity index (χ0) is 12.5. The Labute approximate surface area is 106 Å². The van der Waals surface area contributed by atoms with Crippen LogP contribution < -0.4 is 10.5 Å². The predicted octanol–water partition coefficient (Wildman–Crippen LogP) is 2.16. The first kappa shape index (κ1) is 11.5. The van der Waals surface area contributed by atoms with Crippen molar-refractivity contribution in [1.82, 2.24) is 4.98 Å². The van der Waals surface area contributed by atoms with Gasteiger partial charge in [0, 0.05) is 18.7 Å². The quantitative estimate of drug-likeness (QED) is 0.869. The average molecular weight is 246 g/mol. The molecule has 0 atom stereocenters. The van der Waals surface area contributed by atoms with E-state index in [9.17, 15) is 9.59 Å². The van der Waals surface area contributed by atoms with Crippen molar-refractivity contribution in [3.05, 3.63) is 28.2 Å². The molecular weight excluding hydrogens is 228 g/mol. The summed E-state index contributed by atoms with van der Waals surface area (Å²) >= 11 is 0. The summed E-state index contributed by atoms with van der Waals surface area (Å²) in [6.45, 7) is 0.671. The van der Waals surface area contributed by atoms with E-state index in [1.807, 2.05) is 12.1 Å². The minimum atomic E-state index is -0.116. The highest BCUT2D eigenvalue weighted by Gasteiger charge is 2.25. The molecule has 0 spiro atoms. The number of nitrogens with one attached hydrogen (secondary N) is 1. The van der Waals surface area contributed by atoms with Gasteiger partial charge in [-0.2, -0.15) is 0 Å². The van der Waals surface area contributed by atoms with Crippen LogP contribution in [0.15, 0.2) is 16.9 Å². The molecule has 2 heterocycles. The minimum Gasteiger partial charge on any atom is -0.324 e. The van der Waals surface area contributed by atoms with Gasteiger partial charge in [-0.1, -0.05) is 12.8 Å². The van der Waals surface area contributed by atoms with Crippen molar-refractivity contribution in [2.24, 2.45) is 0 Å². The fourth-order valence-electron chi connectivity index (χ4n) is 3.07. The topological polar surface area (TPSA) is 53.2 Å². The first-order chi connectivity index (χ1) is 8.75. The molecule has 0 bridgehead atoms. The standard InChI is InChI=1S/C14H18N2O2/c17-13-6-3-9-16(13)12-8-7-11(15-14(12)18)10-4-1-2-5-10/h7-8,10H,1-6,9H2,(H,15,18). The van der Waals surface area contributed by atoms with Crippen LogP contribution in [0.3, 0.4) is 0 Å². The van der Waals surface area contributed by atoms with Crippen LogP contribution in [0.1, 0.15) is 50.1 Å². The summed E-state index contributed by atoms with van der Waals surface area (Å²) in [5.74, 6) is 0.565. The zero-order valence-electron chi connectivity index (χ0n) is 10.4. The van der Waals surface area contributed by atoms with E-state index in [0.717, 1.165) is 25.0 Å². The highest BCUT2D eigenvalue weighted by atomic mass is 16.2. The second-order valence-electron chi connectivity index (χ2n) is 5.26. The Hall–Kier alpha value is -1.58. The van der Waals surface area contributed by atoms with Crippen molar-refractivity contribution in [3.63, 3.8) is 0 Å². The Balaban J connectivity index is 1.89. The molecule has 1 saturated carbocycles. The van der Waals surface area contributed by atoms with E-state index in [1.165, 1.54) is 12.8 Å². The molecule has 1 aliphatic heterocycles. The van der Waals surface area contributed by atoms with Gasteiger partial charge in [-0.15, -0.1) is 0 Å².